The molecule has 0 bridgehead atoms. The first kappa shape index (κ1) is 22.0. The number of carbonyl (C=O) groups excluding carboxylic acids is 2. The van der Waals surface area contributed by atoms with Crippen molar-refractivity contribution in [2.75, 3.05) is 13.7 Å². The number of aromatic amines is 1. The van der Waals surface area contributed by atoms with E-state index in [1.165, 1.54) is 13.2 Å². The summed E-state index contributed by atoms with van der Waals surface area (Å²) in [4.78, 5) is 31.0. The Balaban J connectivity index is 1.88. The number of benzene rings is 2. The highest BCUT2D eigenvalue weighted by Gasteiger charge is 2.46. The van der Waals surface area contributed by atoms with Crippen molar-refractivity contribution in [1.82, 2.24) is 9.88 Å². The van der Waals surface area contributed by atoms with Crippen LogP contribution in [0.3, 0.4) is 0 Å². The smallest absolute Gasteiger partial charge is 0.295 e. The number of hydrogen-bond donors (Lipinski definition) is 2. The molecule has 6 nitrogen and oxygen atoms in total. The molecular formula is C25H25ClN2O4. The summed E-state index contributed by atoms with van der Waals surface area (Å²) in [7, 11) is 1.50. The number of hydrogen-bond acceptors (Lipinski definition) is 4. The number of amides is 1. The molecular weight excluding hydrogens is 428 g/mol. The van der Waals surface area contributed by atoms with Gasteiger partial charge in [-0.1, -0.05) is 49.6 Å². The lowest BCUT2D eigenvalue weighted by Crippen LogP contribution is -2.30. The molecule has 2 heterocycles. The minimum Gasteiger partial charge on any atom is -0.507 e. The number of methoxy groups -OCH3 is 1. The lowest BCUT2D eigenvalue weighted by molar-refractivity contribution is -0.139. The fraction of sp³-hybridized carbons (Fsp3) is 0.280. The van der Waals surface area contributed by atoms with Crippen LogP contribution in [0, 0.1) is 0 Å². The van der Waals surface area contributed by atoms with Crippen molar-refractivity contribution in [2.45, 2.75) is 32.2 Å². The standard InChI is InChI=1S/C25H25ClN2O4/c1-3-4-7-12-28-22(17-14-27-19-9-6-5-8-16(17)19)21(24(30)25(28)31)23(29)15-10-11-20(32-2)18(26)13-15/h5-6,8-11,13-14,22,27,29H,3-4,7,12H2,1-2H3/b23-21+. The third kappa shape index (κ3) is 3.75. The maximum atomic E-state index is 13.1. The van der Waals surface area contributed by atoms with Crippen LogP contribution >= 0.6 is 11.6 Å². The van der Waals surface area contributed by atoms with E-state index in [4.69, 9.17) is 16.3 Å². The number of fused-ring (bicyclic) bond motifs is 1. The number of likely N-dealkylation sites (tertiary alicyclic amines) is 1. The van der Waals surface area contributed by atoms with Crippen LogP contribution in [-0.2, 0) is 9.59 Å². The molecule has 0 spiro atoms. The fourth-order valence-corrected chi connectivity index (χ4v) is 4.51. The lowest BCUT2D eigenvalue weighted by Gasteiger charge is -2.25. The predicted octanol–water partition coefficient (Wildman–Crippen LogP) is 5.44. The first-order chi connectivity index (χ1) is 15.5. The van der Waals surface area contributed by atoms with Crippen molar-refractivity contribution < 1.29 is 19.4 Å². The van der Waals surface area contributed by atoms with E-state index in [2.05, 4.69) is 11.9 Å². The van der Waals surface area contributed by atoms with Gasteiger partial charge in [0.1, 0.15) is 11.5 Å². The average molecular weight is 453 g/mol. The molecule has 2 aromatic carbocycles. The second-order valence-corrected chi connectivity index (χ2v) is 8.25. The van der Waals surface area contributed by atoms with E-state index in [9.17, 15) is 14.7 Å². The summed E-state index contributed by atoms with van der Waals surface area (Å²) in [5, 5.41) is 12.4. The molecule has 1 unspecified atom stereocenters. The Bertz CT molecular complexity index is 1210. The molecule has 166 valence electrons. The van der Waals surface area contributed by atoms with Gasteiger partial charge in [-0.25, -0.2) is 0 Å². The maximum Gasteiger partial charge on any atom is 0.295 e. The number of halogens is 1. The molecule has 0 radical (unpaired) electrons. The summed E-state index contributed by atoms with van der Waals surface area (Å²) in [6.45, 7) is 2.52. The summed E-state index contributed by atoms with van der Waals surface area (Å²) < 4.78 is 5.18. The van der Waals surface area contributed by atoms with Crippen molar-refractivity contribution in [3.05, 3.63) is 70.4 Å². The third-order valence-corrected chi connectivity index (χ3v) is 6.18. The molecule has 0 saturated carbocycles. The third-order valence-electron chi connectivity index (χ3n) is 5.88. The van der Waals surface area contributed by atoms with Crippen molar-refractivity contribution in [2.24, 2.45) is 0 Å². The molecule has 2 N–H and O–H groups in total. The highest BCUT2D eigenvalue weighted by molar-refractivity contribution is 6.46. The maximum absolute atomic E-state index is 13.1. The number of ketones is 1. The van der Waals surface area contributed by atoms with Crippen LogP contribution in [-0.4, -0.2) is 40.3 Å². The number of nitrogens with zero attached hydrogens (tertiary/aromatic N) is 1. The highest BCUT2D eigenvalue weighted by atomic mass is 35.5. The van der Waals surface area contributed by atoms with Gasteiger partial charge in [0.2, 0.25) is 0 Å². The quantitative estimate of drug-likeness (QED) is 0.216. The number of aliphatic hydroxyl groups excluding tert-OH is 1. The number of aliphatic hydroxyl groups is 1. The Hall–Kier alpha value is -3.25. The number of para-hydroxylation sites is 1. The van der Waals surface area contributed by atoms with Crippen LogP contribution in [0.1, 0.15) is 43.4 Å². The fourth-order valence-electron chi connectivity index (χ4n) is 4.26. The van der Waals surface area contributed by atoms with Crippen LogP contribution in [0.25, 0.3) is 16.7 Å². The first-order valence-electron chi connectivity index (χ1n) is 10.7. The number of nitrogens with one attached hydrogen (secondary N) is 1. The van der Waals surface area contributed by atoms with Crippen molar-refractivity contribution >= 4 is 40.0 Å². The Morgan fingerprint density at radius 1 is 1.19 bits per heavy atom. The summed E-state index contributed by atoms with van der Waals surface area (Å²) >= 11 is 6.25. The van der Waals surface area contributed by atoms with Gasteiger partial charge in [0, 0.05) is 34.8 Å². The van der Waals surface area contributed by atoms with Crippen LogP contribution in [0.15, 0.2) is 54.2 Å². The second-order valence-electron chi connectivity index (χ2n) is 7.84. The minimum atomic E-state index is -0.693. The number of carbonyl (C=O) groups is 2. The van der Waals surface area contributed by atoms with Crippen molar-refractivity contribution in [1.29, 1.82) is 0 Å². The number of aromatic nitrogens is 1. The summed E-state index contributed by atoms with van der Waals surface area (Å²) in [6, 6.07) is 11.8. The van der Waals surface area contributed by atoms with Crippen LogP contribution in [0.4, 0.5) is 0 Å². The van der Waals surface area contributed by atoms with E-state index < -0.39 is 17.7 Å². The molecule has 32 heavy (non-hydrogen) atoms. The SMILES string of the molecule is CCCCCN1C(=O)C(=O)/C(=C(/O)c2ccc(OC)c(Cl)c2)C1c1c[nH]c2ccccc12. The van der Waals surface area contributed by atoms with E-state index in [-0.39, 0.29) is 11.3 Å². The van der Waals surface area contributed by atoms with Gasteiger partial charge in [-0.3, -0.25) is 9.59 Å². The Morgan fingerprint density at radius 2 is 1.97 bits per heavy atom. The zero-order valence-corrected chi connectivity index (χ0v) is 18.8. The van der Waals surface area contributed by atoms with Gasteiger partial charge >= 0.3 is 0 Å². The van der Waals surface area contributed by atoms with Crippen molar-refractivity contribution in [3.63, 3.8) is 0 Å². The van der Waals surface area contributed by atoms with E-state index in [1.807, 2.05) is 30.5 Å². The molecule has 1 atom stereocenters. The normalized spacial score (nSPS) is 18.0. The predicted molar refractivity (Wildman–Crippen MR) is 125 cm³/mol. The zero-order valence-electron chi connectivity index (χ0n) is 18.0. The molecule has 1 aliphatic rings. The molecule has 1 fully saturated rings. The lowest BCUT2D eigenvalue weighted by atomic mass is 9.95. The van der Waals surface area contributed by atoms with Crippen LogP contribution < -0.4 is 4.74 Å². The van der Waals surface area contributed by atoms with Gasteiger partial charge in [0.05, 0.1) is 23.7 Å². The Labute approximate surface area is 191 Å². The van der Waals surface area contributed by atoms with Crippen LogP contribution in [0.2, 0.25) is 5.02 Å². The van der Waals surface area contributed by atoms with E-state index in [0.717, 1.165) is 35.7 Å². The van der Waals surface area contributed by atoms with Gasteiger partial charge in [-0.15, -0.1) is 0 Å². The summed E-state index contributed by atoms with van der Waals surface area (Å²) in [5.41, 5.74) is 2.09. The molecule has 7 heteroatoms. The van der Waals surface area contributed by atoms with Crippen LogP contribution in [0.5, 0.6) is 5.75 Å². The molecule has 1 amide bonds. The molecule has 1 saturated heterocycles. The first-order valence-corrected chi connectivity index (χ1v) is 11.0. The van der Waals surface area contributed by atoms with E-state index in [0.29, 0.717) is 22.9 Å². The van der Waals surface area contributed by atoms with Gasteiger partial charge in [0.25, 0.3) is 11.7 Å². The highest BCUT2D eigenvalue weighted by Crippen LogP contribution is 2.42. The topological polar surface area (TPSA) is 82.6 Å². The van der Waals surface area contributed by atoms with E-state index >= 15 is 0 Å². The largest absolute Gasteiger partial charge is 0.507 e. The Morgan fingerprint density at radius 3 is 2.69 bits per heavy atom. The number of rotatable bonds is 7. The molecule has 1 aromatic heterocycles. The molecule has 4 rings (SSSR count). The average Bonchev–Trinajstić information content (AvgIpc) is 3.33. The summed E-state index contributed by atoms with van der Waals surface area (Å²) in [6.07, 6.45) is 4.52. The number of Topliss-reactive ketones (excluding diaryl/α,β-unsaturated/α-hetero) is 1. The van der Waals surface area contributed by atoms with Crippen molar-refractivity contribution in [3.8, 4) is 5.75 Å². The number of H-pyrrole nitrogens is 1. The second kappa shape index (κ2) is 9.09. The zero-order chi connectivity index (χ0) is 22.8. The van der Waals surface area contributed by atoms with Gasteiger partial charge < -0.3 is 19.7 Å². The minimum absolute atomic E-state index is 0.0671. The van der Waals surface area contributed by atoms with Gasteiger partial charge in [-0.05, 0) is 30.7 Å². The van der Waals surface area contributed by atoms with Gasteiger partial charge in [-0.2, -0.15) is 0 Å². The summed E-state index contributed by atoms with van der Waals surface area (Å²) in [5.74, 6) is -1.09. The molecule has 0 aliphatic carbocycles. The monoisotopic (exact) mass is 452 g/mol. The molecule has 3 aromatic rings. The molecule has 1 aliphatic heterocycles. The Kier molecular flexibility index (Phi) is 6.24. The van der Waals surface area contributed by atoms with E-state index in [1.54, 1.807) is 17.0 Å². The van der Waals surface area contributed by atoms with Gasteiger partial charge in [0.15, 0.2) is 0 Å². The number of ether oxygens (including phenoxy) is 1. The number of unbranched alkanes of at least 4 members (excludes halogenated alkanes) is 2.